The summed E-state index contributed by atoms with van der Waals surface area (Å²) in [6.45, 7) is 5.56. The van der Waals surface area contributed by atoms with Crippen molar-refractivity contribution in [3.63, 3.8) is 0 Å². The van der Waals surface area contributed by atoms with Crippen molar-refractivity contribution >= 4 is 10.0 Å². The third-order valence-corrected chi connectivity index (χ3v) is 2.80. The van der Waals surface area contributed by atoms with Crippen LogP contribution in [0, 0.1) is 5.92 Å². The summed E-state index contributed by atoms with van der Waals surface area (Å²) < 4.78 is 26.6. The van der Waals surface area contributed by atoms with Gasteiger partial charge in [0.2, 0.25) is 10.0 Å². The molecule has 0 aliphatic carbocycles. The molecular weight excluding hydrogens is 202 g/mol. The monoisotopic (exact) mass is 223 g/mol. The fraction of sp³-hybridized carbons (Fsp3) is 1.00. The maximum Gasteiger partial charge on any atom is 0.209 e. The lowest BCUT2D eigenvalue weighted by molar-refractivity contribution is 0.122. The summed E-state index contributed by atoms with van der Waals surface area (Å²) in [4.78, 5) is 0. The second-order valence-electron chi connectivity index (χ2n) is 3.66. The Balaban J connectivity index is 3.42. The zero-order valence-electron chi connectivity index (χ0n) is 9.03. The van der Waals surface area contributed by atoms with Gasteiger partial charge in [0.15, 0.2) is 0 Å². The van der Waals surface area contributed by atoms with E-state index in [0.29, 0.717) is 18.9 Å². The van der Waals surface area contributed by atoms with E-state index < -0.39 is 10.0 Å². The normalized spacial score (nSPS) is 14.2. The molecule has 0 spiro atoms. The first-order chi connectivity index (χ1) is 6.45. The van der Waals surface area contributed by atoms with E-state index in [1.54, 1.807) is 0 Å². The lowest BCUT2D eigenvalue weighted by Gasteiger charge is -2.10. The number of hydrogen-bond donors (Lipinski definition) is 1. The maximum absolute atomic E-state index is 10.7. The molecule has 0 fully saturated rings. The molecule has 0 aromatic heterocycles. The van der Waals surface area contributed by atoms with E-state index in [4.69, 9.17) is 9.88 Å². The third kappa shape index (κ3) is 9.95. The number of ether oxygens (including phenoxy) is 1. The highest BCUT2D eigenvalue weighted by atomic mass is 32.2. The van der Waals surface area contributed by atoms with E-state index in [1.807, 2.05) is 6.92 Å². The smallest absolute Gasteiger partial charge is 0.209 e. The van der Waals surface area contributed by atoms with Crippen LogP contribution in [0.1, 0.15) is 33.1 Å². The molecule has 0 aromatic rings. The van der Waals surface area contributed by atoms with Crippen molar-refractivity contribution in [3.8, 4) is 0 Å². The van der Waals surface area contributed by atoms with Gasteiger partial charge < -0.3 is 4.74 Å². The average Bonchev–Trinajstić information content (AvgIpc) is 2.08. The number of rotatable bonds is 8. The Bertz CT molecular complexity index is 226. The van der Waals surface area contributed by atoms with Crippen LogP contribution in [-0.4, -0.2) is 27.4 Å². The highest BCUT2D eigenvalue weighted by Gasteiger charge is 2.07. The Morgan fingerprint density at radius 2 is 1.93 bits per heavy atom. The predicted octanol–water partition coefficient (Wildman–Crippen LogP) is 1.12. The second kappa shape index (κ2) is 7.20. The van der Waals surface area contributed by atoms with E-state index in [2.05, 4.69) is 6.92 Å². The van der Waals surface area contributed by atoms with E-state index in [0.717, 1.165) is 19.4 Å². The fourth-order valence-corrected chi connectivity index (χ4v) is 1.77. The van der Waals surface area contributed by atoms with Crippen molar-refractivity contribution in [2.75, 3.05) is 19.0 Å². The zero-order chi connectivity index (χ0) is 11.0. The largest absolute Gasteiger partial charge is 0.381 e. The number of sulfonamides is 1. The number of nitrogens with two attached hydrogens (primary N) is 1. The highest BCUT2D eigenvalue weighted by Crippen LogP contribution is 2.08. The maximum atomic E-state index is 10.7. The van der Waals surface area contributed by atoms with Gasteiger partial charge in [-0.2, -0.15) is 0 Å². The molecule has 1 unspecified atom stereocenters. The van der Waals surface area contributed by atoms with Gasteiger partial charge in [-0.15, -0.1) is 0 Å². The Morgan fingerprint density at radius 3 is 2.43 bits per heavy atom. The number of hydrogen-bond acceptors (Lipinski definition) is 3. The molecule has 0 amide bonds. The van der Waals surface area contributed by atoms with Crippen LogP contribution in [0.3, 0.4) is 0 Å². The van der Waals surface area contributed by atoms with E-state index in [9.17, 15) is 8.42 Å². The van der Waals surface area contributed by atoms with Crippen molar-refractivity contribution < 1.29 is 13.2 Å². The molecule has 1 atom stereocenters. The Hall–Kier alpha value is -0.130. The molecule has 5 heteroatoms. The first kappa shape index (κ1) is 13.9. The van der Waals surface area contributed by atoms with E-state index in [-0.39, 0.29) is 5.75 Å². The molecule has 4 nitrogen and oxygen atoms in total. The first-order valence-corrected chi connectivity index (χ1v) is 6.75. The van der Waals surface area contributed by atoms with Crippen LogP contribution < -0.4 is 5.14 Å². The van der Waals surface area contributed by atoms with E-state index >= 15 is 0 Å². The minimum absolute atomic E-state index is 0.0714. The van der Waals surface area contributed by atoms with Crippen molar-refractivity contribution in [2.24, 2.45) is 11.1 Å². The Labute approximate surface area is 86.9 Å². The fourth-order valence-electron chi connectivity index (χ4n) is 1.04. The van der Waals surface area contributed by atoms with Gasteiger partial charge in [0.05, 0.1) is 5.75 Å². The molecule has 0 radical (unpaired) electrons. The number of primary sulfonamides is 1. The molecule has 0 aromatic carbocycles. The summed E-state index contributed by atoms with van der Waals surface area (Å²) in [6.07, 6.45) is 2.54. The lowest BCUT2D eigenvalue weighted by atomic mass is 10.1. The molecule has 0 bridgehead atoms. The van der Waals surface area contributed by atoms with Crippen molar-refractivity contribution in [3.05, 3.63) is 0 Å². The van der Waals surface area contributed by atoms with Gasteiger partial charge in [-0.3, -0.25) is 0 Å². The van der Waals surface area contributed by atoms with Crippen LogP contribution in [0.15, 0.2) is 0 Å². The molecule has 0 saturated heterocycles. The molecule has 0 heterocycles. The van der Waals surface area contributed by atoms with Crippen LogP contribution in [-0.2, 0) is 14.8 Å². The summed E-state index contributed by atoms with van der Waals surface area (Å²) >= 11 is 0. The molecule has 0 aliphatic rings. The predicted molar refractivity (Wildman–Crippen MR) is 57.5 cm³/mol. The molecule has 0 aliphatic heterocycles. The van der Waals surface area contributed by atoms with Crippen LogP contribution in [0.5, 0.6) is 0 Å². The lowest BCUT2D eigenvalue weighted by Crippen LogP contribution is -2.18. The van der Waals surface area contributed by atoms with Crippen LogP contribution in [0.25, 0.3) is 0 Å². The molecule has 0 rings (SSSR count). The zero-order valence-corrected chi connectivity index (χ0v) is 9.85. The first-order valence-electron chi connectivity index (χ1n) is 5.04. The summed E-state index contributed by atoms with van der Waals surface area (Å²) in [7, 11) is -3.30. The average molecular weight is 223 g/mol. The van der Waals surface area contributed by atoms with Gasteiger partial charge in [0, 0.05) is 13.2 Å². The van der Waals surface area contributed by atoms with Crippen LogP contribution >= 0.6 is 0 Å². The highest BCUT2D eigenvalue weighted by molar-refractivity contribution is 7.89. The van der Waals surface area contributed by atoms with Crippen molar-refractivity contribution in [2.45, 2.75) is 33.1 Å². The molecule has 2 N–H and O–H groups in total. The Kier molecular flexibility index (Phi) is 7.13. The minimum atomic E-state index is -3.30. The summed E-state index contributed by atoms with van der Waals surface area (Å²) in [5.74, 6) is 0.423. The van der Waals surface area contributed by atoms with Gasteiger partial charge >= 0.3 is 0 Å². The molecule has 0 saturated carbocycles. The molecule has 86 valence electrons. The van der Waals surface area contributed by atoms with Gasteiger partial charge in [-0.25, -0.2) is 13.6 Å². The van der Waals surface area contributed by atoms with Crippen LogP contribution in [0.2, 0.25) is 0 Å². The van der Waals surface area contributed by atoms with Crippen molar-refractivity contribution in [1.82, 2.24) is 0 Å². The second-order valence-corrected chi connectivity index (χ2v) is 5.40. The van der Waals surface area contributed by atoms with Gasteiger partial charge in [-0.05, 0) is 25.2 Å². The van der Waals surface area contributed by atoms with Gasteiger partial charge in [0.25, 0.3) is 0 Å². The van der Waals surface area contributed by atoms with Crippen LogP contribution in [0.4, 0.5) is 0 Å². The van der Waals surface area contributed by atoms with Gasteiger partial charge in [0.1, 0.15) is 0 Å². The molecule has 14 heavy (non-hydrogen) atoms. The summed E-state index contributed by atoms with van der Waals surface area (Å²) in [5, 5.41) is 4.90. The van der Waals surface area contributed by atoms with E-state index in [1.165, 1.54) is 0 Å². The van der Waals surface area contributed by atoms with Gasteiger partial charge in [-0.1, -0.05) is 13.8 Å². The molecular formula is C9H21NO3S. The third-order valence-electron chi connectivity index (χ3n) is 2.00. The Morgan fingerprint density at radius 1 is 1.29 bits per heavy atom. The summed E-state index contributed by atoms with van der Waals surface area (Å²) in [5.41, 5.74) is 0. The quantitative estimate of drug-likeness (QED) is 0.627. The SMILES string of the molecule is CCCOCCC(C)CCS(N)(=O)=O. The summed E-state index contributed by atoms with van der Waals surface area (Å²) in [6, 6.07) is 0. The standard InChI is InChI=1S/C9H21NO3S/c1-3-6-13-7-4-9(2)5-8-14(10,11)12/h9H,3-8H2,1-2H3,(H2,10,11,12). The van der Waals surface area contributed by atoms with Crippen molar-refractivity contribution in [1.29, 1.82) is 0 Å². The minimum Gasteiger partial charge on any atom is -0.381 e. The topological polar surface area (TPSA) is 69.4 Å².